The number of rotatable bonds is 3. The number of aromatic carboxylic acids is 1. The van der Waals surface area contributed by atoms with Crippen LogP contribution in [0.5, 0.6) is 0 Å². The Morgan fingerprint density at radius 2 is 1.50 bits per heavy atom. The average Bonchev–Trinajstić information content (AvgIpc) is 2.52. The van der Waals surface area contributed by atoms with Crippen LogP contribution in [0, 0.1) is 20.8 Å². The van der Waals surface area contributed by atoms with E-state index >= 15 is 0 Å². The average molecular weight is 392 g/mol. The third-order valence-corrected chi connectivity index (χ3v) is 4.99. The minimum atomic E-state index is -1.76. The van der Waals surface area contributed by atoms with E-state index in [1.807, 2.05) is 25.7 Å². The Morgan fingerprint density at radius 3 is 1.93 bits per heavy atom. The largest absolute Gasteiger partial charge is 0.489 e. The van der Waals surface area contributed by atoms with E-state index < -0.39 is 18.7 Å². The zero-order chi connectivity index (χ0) is 21.4. The highest BCUT2D eigenvalue weighted by molar-refractivity contribution is 6.60. The number of hydrogen-bond donors (Lipinski definition) is 3. The van der Waals surface area contributed by atoms with Crippen molar-refractivity contribution in [2.24, 2.45) is 0 Å². The molecule has 154 valence electrons. The molecular formula is C19H29BN2O6. The summed E-state index contributed by atoms with van der Waals surface area (Å²) in [6.45, 7) is 12.4. The maximum Gasteiger partial charge on any atom is 0.489 e. The molecule has 9 heteroatoms. The summed E-state index contributed by atoms with van der Waals surface area (Å²) in [5, 5.41) is 29.2. The molecule has 0 unspecified atom stereocenters. The number of carbonyl (C=O) groups is 2. The van der Waals surface area contributed by atoms with Crippen LogP contribution in [0.15, 0.2) is 0 Å². The van der Waals surface area contributed by atoms with Crippen molar-refractivity contribution in [1.82, 2.24) is 4.90 Å². The Labute approximate surface area is 165 Å². The van der Waals surface area contributed by atoms with E-state index in [0.717, 1.165) is 0 Å². The Hall–Kier alpha value is -2.26. The van der Waals surface area contributed by atoms with Gasteiger partial charge in [-0.2, -0.15) is 0 Å². The third kappa shape index (κ3) is 4.42. The molecule has 28 heavy (non-hydrogen) atoms. The first kappa shape index (κ1) is 22.0. The van der Waals surface area contributed by atoms with Gasteiger partial charge in [0.05, 0.1) is 5.56 Å². The topological polar surface area (TPSA) is 111 Å². The molecule has 1 aliphatic rings. The normalized spacial score (nSPS) is 14.9. The molecule has 1 amide bonds. The maximum absolute atomic E-state index is 12.3. The molecule has 1 fully saturated rings. The van der Waals surface area contributed by atoms with E-state index in [9.17, 15) is 24.7 Å². The van der Waals surface area contributed by atoms with Gasteiger partial charge in [0, 0.05) is 31.9 Å². The van der Waals surface area contributed by atoms with Gasteiger partial charge in [-0.05, 0) is 63.7 Å². The Bertz CT molecular complexity index is 780. The summed E-state index contributed by atoms with van der Waals surface area (Å²) in [5.74, 6) is -1.11. The van der Waals surface area contributed by atoms with Crippen molar-refractivity contribution in [2.45, 2.75) is 47.1 Å². The second-order valence-electron chi connectivity index (χ2n) is 8.15. The monoisotopic (exact) mass is 392 g/mol. The minimum Gasteiger partial charge on any atom is -0.478 e. The summed E-state index contributed by atoms with van der Waals surface area (Å²) in [6, 6.07) is 0. The standard InChI is InChI=1S/C19H29BN2O6/c1-11-14(17(23)24)12(2)16(13(3)15(11)20(26)27)21-7-9-22(10-8-21)18(25)28-19(4,5)6/h26-27H,7-10H2,1-6H3,(H,23,24). The molecule has 3 N–H and O–H groups in total. The molecule has 0 aliphatic carbocycles. The van der Waals surface area contributed by atoms with Crippen molar-refractivity contribution in [1.29, 1.82) is 0 Å². The third-order valence-electron chi connectivity index (χ3n) is 4.99. The highest BCUT2D eigenvalue weighted by Gasteiger charge is 2.31. The lowest BCUT2D eigenvalue weighted by molar-refractivity contribution is 0.0240. The van der Waals surface area contributed by atoms with Crippen LogP contribution in [0.3, 0.4) is 0 Å². The summed E-state index contributed by atoms with van der Waals surface area (Å²) in [4.78, 5) is 27.7. The van der Waals surface area contributed by atoms with Gasteiger partial charge < -0.3 is 29.7 Å². The van der Waals surface area contributed by atoms with Crippen LogP contribution in [-0.2, 0) is 4.74 Å². The maximum atomic E-state index is 12.3. The number of carboxylic acids is 1. The number of amides is 1. The number of hydrogen-bond acceptors (Lipinski definition) is 6. The fourth-order valence-electron chi connectivity index (χ4n) is 3.85. The number of carboxylic acid groups (broad SMARTS) is 1. The molecule has 0 saturated carbocycles. The SMILES string of the molecule is Cc1c(B(O)O)c(C)c(N2CCN(C(=O)OC(C)(C)C)CC2)c(C)c1C(=O)O. The van der Waals surface area contributed by atoms with Crippen molar-refractivity contribution in [3.05, 3.63) is 22.3 Å². The number of benzene rings is 1. The van der Waals surface area contributed by atoms with E-state index in [1.54, 1.807) is 25.7 Å². The van der Waals surface area contributed by atoms with E-state index in [1.165, 1.54) is 0 Å². The molecule has 1 heterocycles. The van der Waals surface area contributed by atoms with Crippen molar-refractivity contribution >= 4 is 30.3 Å². The molecule has 8 nitrogen and oxygen atoms in total. The molecule has 0 radical (unpaired) electrons. The van der Waals surface area contributed by atoms with Gasteiger partial charge in [0.2, 0.25) is 0 Å². The molecule has 0 bridgehead atoms. The second-order valence-corrected chi connectivity index (χ2v) is 8.15. The Kier molecular flexibility index (Phi) is 6.30. The van der Waals surface area contributed by atoms with E-state index in [0.29, 0.717) is 48.6 Å². The Morgan fingerprint density at radius 1 is 0.964 bits per heavy atom. The van der Waals surface area contributed by atoms with Gasteiger partial charge in [0.25, 0.3) is 0 Å². The van der Waals surface area contributed by atoms with Crippen LogP contribution in [0.1, 0.15) is 47.8 Å². The second kappa shape index (κ2) is 8.01. The molecule has 2 rings (SSSR count). The van der Waals surface area contributed by atoms with Crippen molar-refractivity contribution < 1.29 is 29.5 Å². The van der Waals surface area contributed by atoms with Gasteiger partial charge in [-0.25, -0.2) is 9.59 Å². The number of nitrogens with zero attached hydrogens (tertiary/aromatic N) is 2. The quantitative estimate of drug-likeness (QED) is 0.660. The predicted octanol–water partition coefficient (Wildman–Crippen LogP) is 1.05. The van der Waals surface area contributed by atoms with Crippen LogP contribution in [0.2, 0.25) is 0 Å². The van der Waals surface area contributed by atoms with Crippen LogP contribution < -0.4 is 10.4 Å². The van der Waals surface area contributed by atoms with Crippen LogP contribution in [0.25, 0.3) is 0 Å². The van der Waals surface area contributed by atoms with Gasteiger partial charge in [0.1, 0.15) is 5.60 Å². The van der Waals surface area contributed by atoms with Crippen LogP contribution in [0.4, 0.5) is 10.5 Å². The fraction of sp³-hybridized carbons (Fsp3) is 0.579. The first-order chi connectivity index (χ1) is 12.8. The molecular weight excluding hydrogens is 363 g/mol. The number of carbonyl (C=O) groups excluding carboxylic acids is 1. The number of ether oxygens (including phenoxy) is 1. The Balaban J connectivity index is 2.35. The smallest absolute Gasteiger partial charge is 0.478 e. The van der Waals surface area contributed by atoms with Crippen molar-refractivity contribution in [2.75, 3.05) is 31.1 Å². The van der Waals surface area contributed by atoms with E-state index in [2.05, 4.69) is 0 Å². The molecule has 1 aliphatic heterocycles. The summed E-state index contributed by atoms with van der Waals surface area (Å²) < 4.78 is 5.41. The molecule has 1 aromatic carbocycles. The van der Waals surface area contributed by atoms with Crippen molar-refractivity contribution in [3.8, 4) is 0 Å². The zero-order valence-electron chi connectivity index (χ0n) is 17.4. The molecule has 0 aromatic heterocycles. The fourth-order valence-corrected chi connectivity index (χ4v) is 3.85. The molecule has 0 atom stereocenters. The lowest BCUT2D eigenvalue weighted by Gasteiger charge is -2.38. The first-order valence-electron chi connectivity index (χ1n) is 9.31. The summed E-state index contributed by atoms with van der Waals surface area (Å²) in [7, 11) is -1.76. The van der Waals surface area contributed by atoms with Gasteiger partial charge in [-0.15, -0.1) is 0 Å². The highest BCUT2D eigenvalue weighted by atomic mass is 16.6. The molecule has 1 aromatic rings. The number of piperazine rings is 1. The minimum absolute atomic E-state index is 0.0817. The highest BCUT2D eigenvalue weighted by Crippen LogP contribution is 2.30. The van der Waals surface area contributed by atoms with Gasteiger partial charge in [-0.1, -0.05) is 0 Å². The van der Waals surface area contributed by atoms with Crippen LogP contribution in [-0.4, -0.2) is 71.0 Å². The summed E-state index contributed by atoms with van der Waals surface area (Å²) >= 11 is 0. The van der Waals surface area contributed by atoms with Gasteiger partial charge in [-0.3, -0.25) is 0 Å². The van der Waals surface area contributed by atoms with Crippen LogP contribution >= 0.6 is 0 Å². The van der Waals surface area contributed by atoms with Gasteiger partial charge >= 0.3 is 19.2 Å². The zero-order valence-corrected chi connectivity index (χ0v) is 17.4. The summed E-state index contributed by atoms with van der Waals surface area (Å²) in [6.07, 6.45) is -0.373. The molecule has 0 spiro atoms. The first-order valence-corrected chi connectivity index (χ1v) is 9.31. The van der Waals surface area contributed by atoms with E-state index in [-0.39, 0.29) is 17.1 Å². The summed E-state index contributed by atoms with van der Waals surface area (Å²) in [5.41, 5.74) is 1.98. The molecule has 1 saturated heterocycles. The number of anilines is 1. The lowest BCUT2D eigenvalue weighted by atomic mass is 9.71. The van der Waals surface area contributed by atoms with Gasteiger partial charge in [0.15, 0.2) is 0 Å². The van der Waals surface area contributed by atoms with E-state index in [4.69, 9.17) is 4.74 Å². The predicted molar refractivity (Wildman–Crippen MR) is 107 cm³/mol. The van der Waals surface area contributed by atoms with Crippen molar-refractivity contribution in [3.63, 3.8) is 0 Å². The lowest BCUT2D eigenvalue weighted by Crippen LogP contribution is -2.51.